The molecule has 4 aromatic heterocycles. The first kappa shape index (κ1) is 18.4. The van der Waals surface area contributed by atoms with Crippen molar-refractivity contribution < 1.29 is 0 Å². The van der Waals surface area contributed by atoms with E-state index in [0.717, 1.165) is 41.8 Å². The lowest BCUT2D eigenvalue weighted by Crippen LogP contribution is -2.37. The van der Waals surface area contributed by atoms with Gasteiger partial charge in [-0.15, -0.1) is 0 Å². The molecule has 0 radical (unpaired) electrons. The minimum absolute atomic E-state index is 0.106. The number of nitrogens with zero attached hydrogens (tertiary/aromatic N) is 7. The first-order valence-electron chi connectivity index (χ1n) is 10.0. The lowest BCUT2D eigenvalue weighted by molar-refractivity contribution is 0.489. The summed E-state index contributed by atoms with van der Waals surface area (Å²) in [6, 6.07) is 11.1. The zero-order valence-electron chi connectivity index (χ0n) is 16.6. The molecule has 30 heavy (non-hydrogen) atoms. The zero-order chi connectivity index (χ0) is 20.5. The van der Waals surface area contributed by atoms with Crippen molar-refractivity contribution in [3.8, 4) is 11.3 Å². The zero-order valence-corrected chi connectivity index (χ0v) is 16.6. The number of rotatable bonds is 4. The lowest BCUT2D eigenvalue weighted by Gasteiger charge is -2.27. The Kier molecular flexibility index (Phi) is 4.66. The molecule has 0 aliphatic carbocycles. The summed E-state index contributed by atoms with van der Waals surface area (Å²) >= 11 is 0. The second-order valence-electron chi connectivity index (χ2n) is 7.43. The Morgan fingerprint density at radius 1 is 1.07 bits per heavy atom. The third kappa shape index (κ3) is 3.41. The Hall–Kier alpha value is -3.68. The molecule has 0 spiro atoms. The number of aryl methyl sites for hydroxylation is 1. The Morgan fingerprint density at radius 3 is 2.80 bits per heavy atom. The van der Waals surface area contributed by atoms with Crippen LogP contribution in [0.4, 0.5) is 5.82 Å². The maximum atomic E-state index is 12.5. The Balaban J connectivity index is 1.50. The summed E-state index contributed by atoms with van der Waals surface area (Å²) in [6.45, 7) is 3.26. The number of hydrogen-bond acceptors (Lipinski definition) is 7. The van der Waals surface area contributed by atoms with E-state index in [2.05, 4.69) is 25.0 Å². The molecule has 0 N–H and O–H groups in total. The fourth-order valence-electron chi connectivity index (χ4n) is 4.03. The van der Waals surface area contributed by atoms with Gasteiger partial charge in [-0.1, -0.05) is 0 Å². The largest absolute Gasteiger partial charge is 0.351 e. The molecule has 1 atom stereocenters. The van der Waals surface area contributed by atoms with E-state index < -0.39 is 0 Å². The second-order valence-corrected chi connectivity index (χ2v) is 7.43. The predicted octanol–water partition coefficient (Wildman–Crippen LogP) is 2.62. The Bertz CT molecular complexity index is 1260. The van der Waals surface area contributed by atoms with Crippen molar-refractivity contribution in [3.63, 3.8) is 0 Å². The molecule has 1 saturated heterocycles. The highest BCUT2D eigenvalue weighted by Gasteiger charge is 2.28. The van der Waals surface area contributed by atoms with E-state index in [1.165, 1.54) is 0 Å². The van der Waals surface area contributed by atoms with Crippen molar-refractivity contribution in [2.75, 3.05) is 11.4 Å². The van der Waals surface area contributed by atoms with Crippen LogP contribution in [0.2, 0.25) is 0 Å². The molecule has 5 rings (SSSR count). The highest BCUT2D eigenvalue weighted by atomic mass is 16.1. The Labute approximate surface area is 173 Å². The molecule has 150 valence electrons. The topological polar surface area (TPSA) is 89.7 Å². The van der Waals surface area contributed by atoms with E-state index >= 15 is 0 Å². The average Bonchev–Trinajstić information content (AvgIpc) is 3.23. The highest BCUT2D eigenvalue weighted by Crippen LogP contribution is 2.30. The first-order chi connectivity index (χ1) is 14.7. The minimum atomic E-state index is -0.106. The molecular formula is C22H21N7O. The first-order valence-corrected chi connectivity index (χ1v) is 10.0. The van der Waals surface area contributed by atoms with Crippen LogP contribution in [0.1, 0.15) is 18.7 Å². The van der Waals surface area contributed by atoms with Gasteiger partial charge in [0.25, 0.3) is 5.56 Å². The van der Waals surface area contributed by atoms with Crippen molar-refractivity contribution >= 4 is 16.9 Å². The standard InChI is InChI=1S/C22H21N7O/c1-15-25-21-18(5-2-10-24-21)22(26-15)28-13-3-4-17(28)14-29-20(30)7-6-19(27-29)16-8-11-23-12-9-16/h2,5-12,17H,3-4,13-14H2,1H3. The van der Waals surface area contributed by atoms with Gasteiger partial charge in [0, 0.05) is 36.8 Å². The smallest absolute Gasteiger partial charge is 0.266 e. The van der Waals surface area contributed by atoms with Gasteiger partial charge < -0.3 is 4.90 Å². The molecule has 1 unspecified atom stereocenters. The molecule has 0 amide bonds. The third-order valence-corrected chi connectivity index (χ3v) is 5.44. The van der Waals surface area contributed by atoms with Crippen LogP contribution in [0, 0.1) is 6.92 Å². The molecule has 5 heterocycles. The summed E-state index contributed by atoms with van der Waals surface area (Å²) in [7, 11) is 0. The monoisotopic (exact) mass is 399 g/mol. The van der Waals surface area contributed by atoms with Gasteiger partial charge in [0.2, 0.25) is 0 Å². The molecule has 8 nitrogen and oxygen atoms in total. The molecule has 0 bridgehead atoms. The SMILES string of the molecule is Cc1nc(N2CCCC2Cn2nc(-c3ccncc3)ccc2=O)c2cccnc2n1. The fourth-order valence-corrected chi connectivity index (χ4v) is 4.03. The van der Waals surface area contributed by atoms with E-state index in [9.17, 15) is 4.79 Å². The molecule has 0 aromatic carbocycles. The summed E-state index contributed by atoms with van der Waals surface area (Å²) in [6.07, 6.45) is 7.20. The van der Waals surface area contributed by atoms with E-state index in [1.54, 1.807) is 35.4 Å². The number of hydrogen-bond donors (Lipinski definition) is 0. The van der Waals surface area contributed by atoms with E-state index in [0.29, 0.717) is 18.0 Å². The number of pyridine rings is 2. The van der Waals surface area contributed by atoms with Crippen LogP contribution in [0.15, 0.2) is 59.8 Å². The van der Waals surface area contributed by atoms with Crippen molar-refractivity contribution in [2.24, 2.45) is 0 Å². The van der Waals surface area contributed by atoms with Crippen LogP contribution >= 0.6 is 0 Å². The van der Waals surface area contributed by atoms with Gasteiger partial charge in [-0.3, -0.25) is 9.78 Å². The summed E-state index contributed by atoms with van der Waals surface area (Å²) < 4.78 is 1.56. The van der Waals surface area contributed by atoms with Crippen LogP contribution in [0.3, 0.4) is 0 Å². The van der Waals surface area contributed by atoms with Crippen LogP contribution in [0.5, 0.6) is 0 Å². The van der Waals surface area contributed by atoms with Gasteiger partial charge in [0.1, 0.15) is 11.6 Å². The number of fused-ring (bicyclic) bond motifs is 1. The van der Waals surface area contributed by atoms with E-state index in [1.807, 2.05) is 31.2 Å². The summed E-state index contributed by atoms with van der Waals surface area (Å²) in [5.41, 5.74) is 2.28. The molecule has 1 aliphatic rings. The molecular weight excluding hydrogens is 378 g/mol. The van der Waals surface area contributed by atoms with Crippen LogP contribution < -0.4 is 10.5 Å². The summed E-state index contributed by atoms with van der Waals surface area (Å²) in [5.74, 6) is 1.57. The maximum Gasteiger partial charge on any atom is 0.266 e. The summed E-state index contributed by atoms with van der Waals surface area (Å²) in [5, 5.41) is 5.55. The molecule has 8 heteroatoms. The van der Waals surface area contributed by atoms with Crippen molar-refractivity contribution in [1.82, 2.24) is 29.7 Å². The minimum Gasteiger partial charge on any atom is -0.351 e. The van der Waals surface area contributed by atoms with Crippen molar-refractivity contribution in [3.05, 3.63) is 71.2 Å². The van der Waals surface area contributed by atoms with Gasteiger partial charge in [-0.05, 0) is 50.1 Å². The van der Waals surface area contributed by atoms with Gasteiger partial charge in [0.15, 0.2) is 5.65 Å². The van der Waals surface area contributed by atoms with Crippen LogP contribution in [-0.4, -0.2) is 42.3 Å². The highest BCUT2D eigenvalue weighted by molar-refractivity contribution is 5.87. The molecule has 1 aliphatic heterocycles. The lowest BCUT2D eigenvalue weighted by atomic mass is 10.2. The van der Waals surface area contributed by atoms with Gasteiger partial charge >= 0.3 is 0 Å². The van der Waals surface area contributed by atoms with E-state index in [4.69, 9.17) is 4.98 Å². The van der Waals surface area contributed by atoms with Crippen molar-refractivity contribution in [1.29, 1.82) is 0 Å². The average molecular weight is 399 g/mol. The quantitative estimate of drug-likeness (QED) is 0.521. The second kappa shape index (κ2) is 7.62. The predicted molar refractivity (Wildman–Crippen MR) is 114 cm³/mol. The normalized spacial score (nSPS) is 16.3. The van der Waals surface area contributed by atoms with Crippen LogP contribution in [0.25, 0.3) is 22.3 Å². The molecule has 1 fully saturated rings. The van der Waals surface area contributed by atoms with Crippen molar-refractivity contribution in [2.45, 2.75) is 32.4 Å². The van der Waals surface area contributed by atoms with Gasteiger partial charge in [-0.2, -0.15) is 5.10 Å². The van der Waals surface area contributed by atoms with E-state index in [-0.39, 0.29) is 11.6 Å². The fraction of sp³-hybridized carbons (Fsp3) is 0.273. The van der Waals surface area contributed by atoms with Gasteiger partial charge in [-0.25, -0.2) is 19.6 Å². The van der Waals surface area contributed by atoms with Gasteiger partial charge in [0.05, 0.1) is 23.7 Å². The molecule has 0 saturated carbocycles. The summed E-state index contributed by atoms with van der Waals surface area (Å²) in [4.78, 5) is 32.4. The third-order valence-electron chi connectivity index (χ3n) is 5.44. The molecule has 4 aromatic rings. The number of aromatic nitrogens is 6. The van der Waals surface area contributed by atoms with Crippen LogP contribution in [-0.2, 0) is 6.54 Å². The Morgan fingerprint density at radius 2 is 1.93 bits per heavy atom. The maximum absolute atomic E-state index is 12.5. The number of anilines is 1.